The van der Waals surface area contributed by atoms with E-state index >= 15 is 0 Å². The predicted molar refractivity (Wildman–Crippen MR) is 89.9 cm³/mol. The molecule has 1 aromatic heterocycles. The third kappa shape index (κ3) is 2.64. The average Bonchev–Trinajstić information content (AvgIpc) is 2.94. The van der Waals surface area contributed by atoms with Crippen molar-refractivity contribution in [2.75, 3.05) is 19.2 Å². The van der Waals surface area contributed by atoms with Crippen molar-refractivity contribution in [3.63, 3.8) is 0 Å². The van der Waals surface area contributed by atoms with Gasteiger partial charge in [-0.05, 0) is 46.7 Å². The maximum absolute atomic E-state index is 5.42. The molecule has 0 saturated carbocycles. The highest BCUT2D eigenvalue weighted by atomic mass is 127. The minimum atomic E-state index is 0.269. The van der Waals surface area contributed by atoms with Crippen LogP contribution in [-0.2, 0) is 0 Å². The van der Waals surface area contributed by atoms with E-state index in [0.717, 1.165) is 32.1 Å². The Hall–Kier alpha value is -1.57. The number of anilines is 1. The third-order valence-corrected chi connectivity index (χ3v) is 4.35. The molecule has 1 N–H and O–H groups in total. The summed E-state index contributed by atoms with van der Waals surface area (Å²) < 4.78 is 11.8. The maximum atomic E-state index is 5.42. The summed E-state index contributed by atoms with van der Waals surface area (Å²) in [6, 6.07) is 5.78. The fourth-order valence-corrected chi connectivity index (χ4v) is 3.31. The lowest BCUT2D eigenvalue weighted by Crippen LogP contribution is -2.06. The van der Waals surface area contributed by atoms with Gasteiger partial charge in [-0.1, -0.05) is 13.8 Å². The molecule has 0 bridgehead atoms. The van der Waals surface area contributed by atoms with Crippen LogP contribution in [0.4, 0.5) is 5.82 Å². The lowest BCUT2D eigenvalue weighted by atomic mass is 10.1. The van der Waals surface area contributed by atoms with Gasteiger partial charge < -0.3 is 14.8 Å². The van der Waals surface area contributed by atoms with Crippen molar-refractivity contribution in [1.29, 1.82) is 0 Å². The third-order valence-electron chi connectivity index (χ3n) is 3.29. The molecule has 0 aliphatic carbocycles. The van der Waals surface area contributed by atoms with Crippen LogP contribution in [-0.4, -0.2) is 23.8 Å². The van der Waals surface area contributed by atoms with Crippen molar-refractivity contribution < 1.29 is 9.47 Å². The van der Waals surface area contributed by atoms with Crippen molar-refractivity contribution in [2.24, 2.45) is 0 Å². The van der Waals surface area contributed by atoms with Gasteiger partial charge in [0.05, 0.1) is 9.26 Å². The first-order chi connectivity index (χ1) is 10.1. The number of nitrogens with zero attached hydrogens (tertiary/aromatic N) is 2. The predicted octanol–water partition coefficient (Wildman–Crippen LogP) is 3.64. The molecule has 5 nitrogen and oxygen atoms in total. The molecular formula is C15H16IN3O2. The molecule has 1 aliphatic rings. The van der Waals surface area contributed by atoms with Gasteiger partial charge in [-0.3, -0.25) is 0 Å². The van der Waals surface area contributed by atoms with E-state index in [9.17, 15) is 0 Å². The van der Waals surface area contributed by atoms with E-state index < -0.39 is 0 Å². The molecule has 1 aromatic carbocycles. The summed E-state index contributed by atoms with van der Waals surface area (Å²) in [5, 5.41) is 3.14. The van der Waals surface area contributed by atoms with E-state index in [4.69, 9.17) is 14.5 Å². The molecule has 21 heavy (non-hydrogen) atoms. The van der Waals surface area contributed by atoms with Crippen LogP contribution in [0.2, 0.25) is 0 Å². The number of halogens is 1. The second kappa shape index (κ2) is 5.67. The lowest BCUT2D eigenvalue weighted by Gasteiger charge is -2.13. The summed E-state index contributed by atoms with van der Waals surface area (Å²) in [5.41, 5.74) is 1.97. The highest BCUT2D eigenvalue weighted by Gasteiger charge is 2.18. The Labute approximate surface area is 137 Å². The van der Waals surface area contributed by atoms with E-state index in [-0.39, 0.29) is 6.79 Å². The number of rotatable bonds is 3. The Balaban J connectivity index is 2.11. The first kappa shape index (κ1) is 14.4. The Morgan fingerprint density at radius 3 is 2.67 bits per heavy atom. The van der Waals surface area contributed by atoms with Crippen molar-refractivity contribution in [2.45, 2.75) is 19.8 Å². The van der Waals surface area contributed by atoms with Gasteiger partial charge in [0.15, 0.2) is 17.3 Å². The van der Waals surface area contributed by atoms with E-state index in [1.54, 1.807) is 0 Å². The first-order valence-electron chi connectivity index (χ1n) is 6.75. The number of nitrogens with one attached hydrogen (secondary N) is 1. The summed E-state index contributed by atoms with van der Waals surface area (Å²) in [7, 11) is 1.87. The van der Waals surface area contributed by atoms with Gasteiger partial charge >= 0.3 is 0 Å². The van der Waals surface area contributed by atoms with Crippen LogP contribution >= 0.6 is 22.6 Å². The molecule has 0 radical (unpaired) electrons. The Morgan fingerprint density at radius 2 is 1.95 bits per heavy atom. The number of ether oxygens (including phenoxy) is 2. The van der Waals surface area contributed by atoms with Gasteiger partial charge in [0.25, 0.3) is 0 Å². The average molecular weight is 397 g/mol. The number of aromatic nitrogens is 2. The Bertz CT molecular complexity index is 689. The largest absolute Gasteiger partial charge is 0.454 e. The minimum absolute atomic E-state index is 0.269. The zero-order valence-electron chi connectivity index (χ0n) is 12.1. The van der Waals surface area contributed by atoms with E-state index in [1.807, 2.05) is 25.2 Å². The smallest absolute Gasteiger partial charge is 0.231 e. The quantitative estimate of drug-likeness (QED) is 0.802. The maximum Gasteiger partial charge on any atom is 0.231 e. The fraction of sp³-hybridized carbons (Fsp3) is 0.333. The molecule has 1 aliphatic heterocycles. The molecule has 0 amide bonds. The van der Waals surface area contributed by atoms with Gasteiger partial charge in [0.1, 0.15) is 5.82 Å². The first-order valence-corrected chi connectivity index (χ1v) is 7.83. The molecular weight excluding hydrogens is 381 g/mol. The number of benzene rings is 1. The molecule has 0 saturated heterocycles. The molecule has 0 fully saturated rings. The van der Waals surface area contributed by atoms with Crippen molar-refractivity contribution in [3.05, 3.63) is 27.5 Å². The molecule has 0 spiro atoms. The number of hydrogen-bond acceptors (Lipinski definition) is 5. The standard InChI is InChI=1S/C15H16IN3O2/c1-8(2)13-12(16)15(17-3)19-14(18-13)9-4-5-10-11(6-9)21-7-20-10/h4-6,8H,7H2,1-3H3,(H,17,18,19). The van der Waals surface area contributed by atoms with Gasteiger partial charge in [0.2, 0.25) is 6.79 Å². The fourth-order valence-electron chi connectivity index (χ4n) is 2.18. The zero-order valence-corrected chi connectivity index (χ0v) is 14.3. The Morgan fingerprint density at radius 1 is 1.19 bits per heavy atom. The molecule has 0 unspecified atom stereocenters. The second-order valence-electron chi connectivity index (χ2n) is 5.07. The van der Waals surface area contributed by atoms with Crippen LogP contribution in [0.1, 0.15) is 25.5 Å². The molecule has 110 valence electrons. The summed E-state index contributed by atoms with van der Waals surface area (Å²) in [6.45, 7) is 4.53. The van der Waals surface area contributed by atoms with Crippen LogP contribution in [0.25, 0.3) is 11.4 Å². The SMILES string of the molecule is CNc1nc(-c2ccc3c(c2)OCO3)nc(C(C)C)c1I. The molecule has 6 heteroatoms. The van der Waals surface area contributed by atoms with Crippen LogP contribution in [0.15, 0.2) is 18.2 Å². The highest BCUT2D eigenvalue weighted by molar-refractivity contribution is 14.1. The zero-order chi connectivity index (χ0) is 15.0. The number of hydrogen-bond donors (Lipinski definition) is 1. The minimum Gasteiger partial charge on any atom is -0.454 e. The number of fused-ring (bicyclic) bond motifs is 1. The molecule has 0 atom stereocenters. The van der Waals surface area contributed by atoms with Gasteiger partial charge in [-0.2, -0.15) is 0 Å². The van der Waals surface area contributed by atoms with Gasteiger partial charge in [-0.25, -0.2) is 9.97 Å². The summed E-state index contributed by atoms with van der Waals surface area (Å²) in [5.74, 6) is 3.39. The Kier molecular flexibility index (Phi) is 3.88. The summed E-state index contributed by atoms with van der Waals surface area (Å²) >= 11 is 2.29. The van der Waals surface area contributed by atoms with E-state index in [0.29, 0.717) is 11.7 Å². The van der Waals surface area contributed by atoms with Gasteiger partial charge in [-0.15, -0.1) is 0 Å². The second-order valence-corrected chi connectivity index (χ2v) is 6.15. The van der Waals surface area contributed by atoms with Crippen molar-refractivity contribution >= 4 is 28.4 Å². The highest BCUT2D eigenvalue weighted by Crippen LogP contribution is 2.36. The van der Waals surface area contributed by atoms with Crippen molar-refractivity contribution in [1.82, 2.24) is 9.97 Å². The van der Waals surface area contributed by atoms with Crippen LogP contribution in [0, 0.1) is 3.57 Å². The lowest BCUT2D eigenvalue weighted by molar-refractivity contribution is 0.174. The summed E-state index contributed by atoms with van der Waals surface area (Å²) in [6.07, 6.45) is 0. The molecule has 2 heterocycles. The molecule has 2 aromatic rings. The normalized spacial score (nSPS) is 12.8. The molecule has 3 rings (SSSR count). The van der Waals surface area contributed by atoms with Crippen LogP contribution in [0.3, 0.4) is 0 Å². The summed E-state index contributed by atoms with van der Waals surface area (Å²) in [4.78, 5) is 9.32. The van der Waals surface area contributed by atoms with Crippen LogP contribution in [0.5, 0.6) is 11.5 Å². The van der Waals surface area contributed by atoms with E-state index in [2.05, 4.69) is 46.7 Å². The van der Waals surface area contributed by atoms with Crippen LogP contribution < -0.4 is 14.8 Å². The van der Waals surface area contributed by atoms with Crippen molar-refractivity contribution in [3.8, 4) is 22.9 Å². The topological polar surface area (TPSA) is 56.3 Å². The van der Waals surface area contributed by atoms with Gasteiger partial charge in [0, 0.05) is 12.6 Å². The monoisotopic (exact) mass is 397 g/mol. The van der Waals surface area contributed by atoms with E-state index in [1.165, 1.54) is 0 Å².